The van der Waals surface area contributed by atoms with Crippen LogP contribution in [0.15, 0.2) is 0 Å². The van der Waals surface area contributed by atoms with E-state index in [1.54, 1.807) is 0 Å². The molecule has 0 fully saturated rings. The van der Waals surface area contributed by atoms with Crippen LogP contribution in [0.3, 0.4) is 0 Å². The van der Waals surface area contributed by atoms with E-state index in [-0.39, 0.29) is 52.9 Å². The van der Waals surface area contributed by atoms with Gasteiger partial charge in [0.2, 0.25) is 0 Å². The first-order chi connectivity index (χ1) is 17.6. The molecule has 0 aliphatic carbocycles. The summed E-state index contributed by atoms with van der Waals surface area (Å²) in [5.41, 5.74) is 0. The molecule has 0 aromatic carbocycles. The van der Waals surface area contributed by atoms with Crippen LogP contribution in [0.1, 0.15) is 0 Å². The van der Waals surface area contributed by atoms with Gasteiger partial charge in [0, 0.05) is 0 Å². The highest BCUT2D eigenvalue weighted by molar-refractivity contribution is 5.60. The van der Waals surface area contributed by atoms with Crippen molar-refractivity contribution in [1.29, 1.82) is 0 Å². The molecule has 0 saturated heterocycles. The quantitative estimate of drug-likeness (QED) is 0.0977. The minimum atomic E-state index is -0.809. The zero-order valence-electron chi connectivity index (χ0n) is 20.9. The fourth-order valence-corrected chi connectivity index (χ4v) is 1.98. The summed E-state index contributed by atoms with van der Waals surface area (Å²) in [6.45, 7) is 4.01. The summed E-state index contributed by atoms with van der Waals surface area (Å²) in [5, 5.41) is 0. The van der Waals surface area contributed by atoms with Gasteiger partial charge in [-0.25, -0.2) is 14.4 Å². The van der Waals surface area contributed by atoms with E-state index in [1.807, 2.05) is 0 Å². The lowest BCUT2D eigenvalue weighted by molar-refractivity contribution is -0.0184. The topological polar surface area (TPSA) is 162 Å². The monoisotopic (exact) mass is 530 g/mol. The lowest BCUT2D eigenvalue weighted by Gasteiger charge is -2.09. The highest BCUT2D eigenvalue weighted by Gasteiger charge is 2.04. The smallest absolute Gasteiger partial charge is 0.438 e. The number of carbonyl (C=O) groups is 3. The molecule has 0 rings (SSSR count). The molecule has 0 aromatic rings. The summed E-state index contributed by atoms with van der Waals surface area (Å²) >= 11 is 0. The standard InChI is InChI=1S/C21H38O15/c1-25-19(22)33-15-11-29-7-3-27-5-9-31-13-17-35-21(24)36-18-14-32-10-6-28-4-8-30-12-16-34-20(23)26-2/h3-18H2,1-2H3. The minimum absolute atomic E-state index is 0.0493. The fourth-order valence-electron chi connectivity index (χ4n) is 1.98. The average molecular weight is 531 g/mol. The molecule has 0 amide bonds. The molecular weight excluding hydrogens is 492 g/mol. The van der Waals surface area contributed by atoms with Gasteiger partial charge in [-0.2, -0.15) is 0 Å². The molecule has 0 aromatic heterocycles. The summed E-state index contributed by atoms with van der Waals surface area (Å²) in [4.78, 5) is 32.8. The van der Waals surface area contributed by atoms with E-state index in [9.17, 15) is 14.4 Å². The maximum absolute atomic E-state index is 11.4. The van der Waals surface area contributed by atoms with Crippen LogP contribution < -0.4 is 0 Å². The molecule has 0 aliphatic heterocycles. The third-order valence-electron chi connectivity index (χ3n) is 3.61. The van der Waals surface area contributed by atoms with Gasteiger partial charge in [-0.15, -0.1) is 0 Å². The Bertz CT molecular complexity index is 487. The van der Waals surface area contributed by atoms with Crippen LogP contribution in [-0.2, 0) is 56.8 Å². The molecular formula is C21H38O15. The largest absolute Gasteiger partial charge is 0.508 e. The van der Waals surface area contributed by atoms with Crippen molar-refractivity contribution < 1.29 is 71.2 Å². The predicted octanol–water partition coefficient (Wildman–Crippen LogP) is 0.805. The number of hydrogen-bond donors (Lipinski definition) is 0. The van der Waals surface area contributed by atoms with Gasteiger partial charge >= 0.3 is 18.5 Å². The average Bonchev–Trinajstić information content (AvgIpc) is 2.88. The van der Waals surface area contributed by atoms with Crippen molar-refractivity contribution in [3.8, 4) is 0 Å². The Balaban J connectivity index is 3.19. The molecule has 15 nitrogen and oxygen atoms in total. The van der Waals surface area contributed by atoms with Crippen LogP contribution in [0.25, 0.3) is 0 Å². The Morgan fingerprint density at radius 2 is 0.528 bits per heavy atom. The van der Waals surface area contributed by atoms with E-state index in [1.165, 1.54) is 14.2 Å². The van der Waals surface area contributed by atoms with E-state index in [2.05, 4.69) is 18.9 Å². The SMILES string of the molecule is COC(=O)OCCOCCOCCOCCOC(=O)OCCOCCOCCOCCOC(=O)OC. The van der Waals surface area contributed by atoms with Crippen molar-refractivity contribution in [2.24, 2.45) is 0 Å². The van der Waals surface area contributed by atoms with E-state index in [0.717, 1.165) is 0 Å². The maximum Gasteiger partial charge on any atom is 0.508 e. The van der Waals surface area contributed by atoms with E-state index >= 15 is 0 Å². The van der Waals surface area contributed by atoms with Crippen molar-refractivity contribution in [2.45, 2.75) is 0 Å². The first kappa shape index (κ1) is 33.6. The molecule has 0 saturated carbocycles. The predicted molar refractivity (Wildman–Crippen MR) is 119 cm³/mol. The highest BCUT2D eigenvalue weighted by atomic mass is 16.7. The molecule has 0 heterocycles. The lowest BCUT2D eigenvalue weighted by Crippen LogP contribution is -2.17. The van der Waals surface area contributed by atoms with E-state index in [0.29, 0.717) is 52.9 Å². The van der Waals surface area contributed by atoms with Crippen LogP contribution in [-0.4, -0.2) is 138 Å². The van der Waals surface area contributed by atoms with Crippen LogP contribution in [0.2, 0.25) is 0 Å². The van der Waals surface area contributed by atoms with Gasteiger partial charge in [0.1, 0.15) is 26.4 Å². The van der Waals surface area contributed by atoms with Gasteiger partial charge in [0.15, 0.2) is 0 Å². The van der Waals surface area contributed by atoms with Crippen LogP contribution >= 0.6 is 0 Å². The van der Waals surface area contributed by atoms with Gasteiger partial charge in [-0.1, -0.05) is 0 Å². The zero-order valence-corrected chi connectivity index (χ0v) is 20.9. The first-order valence-corrected chi connectivity index (χ1v) is 11.3. The number of rotatable bonds is 24. The third-order valence-corrected chi connectivity index (χ3v) is 3.61. The fraction of sp³-hybridized carbons (Fsp3) is 0.857. The van der Waals surface area contributed by atoms with Crippen molar-refractivity contribution in [2.75, 3.05) is 120 Å². The summed E-state index contributed by atoms with van der Waals surface area (Å²) in [5.74, 6) is 0. The van der Waals surface area contributed by atoms with Crippen molar-refractivity contribution in [3.63, 3.8) is 0 Å². The Morgan fingerprint density at radius 1 is 0.333 bits per heavy atom. The van der Waals surface area contributed by atoms with Gasteiger partial charge < -0.3 is 56.8 Å². The second-order valence-corrected chi connectivity index (χ2v) is 6.23. The van der Waals surface area contributed by atoms with Crippen LogP contribution in [0, 0.1) is 0 Å². The van der Waals surface area contributed by atoms with Crippen molar-refractivity contribution in [3.05, 3.63) is 0 Å². The van der Waals surface area contributed by atoms with Crippen LogP contribution in [0.5, 0.6) is 0 Å². The Labute approximate surface area is 210 Å². The molecule has 0 aliphatic rings. The zero-order chi connectivity index (χ0) is 26.5. The van der Waals surface area contributed by atoms with Crippen LogP contribution in [0.4, 0.5) is 14.4 Å². The Hall–Kier alpha value is -2.43. The summed E-state index contributed by atoms with van der Waals surface area (Å²) < 4.78 is 59.1. The molecule has 0 unspecified atom stereocenters. The molecule has 15 heteroatoms. The molecule has 0 atom stereocenters. The summed E-state index contributed by atoms with van der Waals surface area (Å²) in [6, 6.07) is 0. The molecule has 0 radical (unpaired) electrons. The van der Waals surface area contributed by atoms with Crippen molar-refractivity contribution in [1.82, 2.24) is 0 Å². The van der Waals surface area contributed by atoms with Gasteiger partial charge in [0.25, 0.3) is 0 Å². The molecule has 212 valence electrons. The number of ether oxygens (including phenoxy) is 12. The summed E-state index contributed by atoms with van der Waals surface area (Å²) in [7, 11) is 2.46. The normalized spacial score (nSPS) is 10.5. The van der Waals surface area contributed by atoms with Gasteiger partial charge in [-0.3, -0.25) is 0 Å². The Kier molecular flexibility index (Phi) is 25.3. The second-order valence-electron chi connectivity index (χ2n) is 6.23. The second kappa shape index (κ2) is 27.2. The maximum atomic E-state index is 11.4. The molecule has 0 N–H and O–H groups in total. The number of hydrogen-bond acceptors (Lipinski definition) is 15. The third kappa shape index (κ3) is 26.2. The molecule has 0 spiro atoms. The Morgan fingerprint density at radius 3 is 0.750 bits per heavy atom. The minimum Gasteiger partial charge on any atom is -0.438 e. The summed E-state index contributed by atoms with van der Waals surface area (Å²) in [6.07, 6.45) is -2.31. The van der Waals surface area contributed by atoms with E-state index in [4.69, 9.17) is 37.9 Å². The first-order valence-electron chi connectivity index (χ1n) is 11.3. The van der Waals surface area contributed by atoms with Gasteiger partial charge in [-0.05, 0) is 0 Å². The van der Waals surface area contributed by atoms with Crippen molar-refractivity contribution >= 4 is 18.5 Å². The highest BCUT2D eigenvalue weighted by Crippen LogP contribution is 1.89. The van der Waals surface area contributed by atoms with E-state index < -0.39 is 18.5 Å². The number of methoxy groups -OCH3 is 2. The molecule has 36 heavy (non-hydrogen) atoms. The van der Waals surface area contributed by atoms with Gasteiger partial charge in [0.05, 0.1) is 93.5 Å². The lowest BCUT2D eigenvalue weighted by atomic mass is 10.7. The molecule has 0 bridgehead atoms. The number of carbonyl (C=O) groups excluding carboxylic acids is 3.